The Balaban J connectivity index is 1.22. The van der Waals surface area contributed by atoms with Crippen molar-refractivity contribution in [3.05, 3.63) is 76.3 Å². The monoisotopic (exact) mass is 513 g/mol. The van der Waals surface area contributed by atoms with E-state index >= 15 is 0 Å². The van der Waals surface area contributed by atoms with Crippen molar-refractivity contribution < 1.29 is 18.4 Å². The van der Waals surface area contributed by atoms with Gasteiger partial charge in [-0.25, -0.2) is 23.2 Å². The number of benzene rings is 2. The van der Waals surface area contributed by atoms with Gasteiger partial charge in [-0.15, -0.1) is 0 Å². The maximum absolute atomic E-state index is 13.9. The summed E-state index contributed by atoms with van der Waals surface area (Å²) >= 11 is 5.76. The number of urea groups is 1. The molecule has 1 aromatic heterocycles. The predicted octanol–water partition coefficient (Wildman–Crippen LogP) is 3.28. The van der Waals surface area contributed by atoms with Gasteiger partial charge in [0.25, 0.3) is 5.91 Å². The number of aryl methyl sites for hydroxylation is 1. The largest absolute Gasteiger partial charge is 0.331 e. The van der Waals surface area contributed by atoms with Crippen LogP contribution >= 0.6 is 11.6 Å². The van der Waals surface area contributed by atoms with Crippen molar-refractivity contribution in [2.45, 2.75) is 38.4 Å². The Kier molecular flexibility index (Phi) is 6.17. The fraction of sp³-hybridized carbons (Fsp3) is 0.292. The van der Waals surface area contributed by atoms with Crippen LogP contribution in [0.3, 0.4) is 0 Å². The third kappa shape index (κ3) is 4.78. The molecule has 36 heavy (non-hydrogen) atoms. The van der Waals surface area contributed by atoms with Gasteiger partial charge < -0.3 is 10.6 Å². The number of carbonyl (C=O) groups excluding carboxylic acids is 2. The molecule has 0 atom stereocenters. The number of nitrogens with zero attached hydrogens (tertiary/aromatic N) is 5. The quantitative estimate of drug-likeness (QED) is 0.506. The van der Waals surface area contributed by atoms with Crippen LogP contribution < -0.4 is 10.6 Å². The average molecular weight is 514 g/mol. The van der Waals surface area contributed by atoms with Crippen molar-refractivity contribution in [3.8, 4) is 5.69 Å². The number of amidine groups is 1. The molecule has 0 saturated heterocycles. The van der Waals surface area contributed by atoms with Crippen molar-refractivity contribution >= 4 is 29.4 Å². The van der Waals surface area contributed by atoms with E-state index in [1.807, 2.05) is 0 Å². The van der Waals surface area contributed by atoms with Gasteiger partial charge in [0.1, 0.15) is 28.8 Å². The maximum Gasteiger partial charge on any atom is 0.315 e. The molecular weight excluding hydrogens is 492 g/mol. The Morgan fingerprint density at radius 2 is 1.83 bits per heavy atom. The van der Waals surface area contributed by atoms with Crippen LogP contribution in [0.4, 0.5) is 13.6 Å². The highest BCUT2D eigenvalue weighted by molar-refractivity contribution is 6.30. The van der Waals surface area contributed by atoms with E-state index in [-0.39, 0.29) is 36.4 Å². The summed E-state index contributed by atoms with van der Waals surface area (Å²) in [5.41, 5.74) is 0.447. The molecule has 12 heteroatoms. The summed E-state index contributed by atoms with van der Waals surface area (Å²) < 4.78 is 28.6. The molecule has 1 saturated carbocycles. The highest BCUT2D eigenvalue weighted by atomic mass is 35.5. The molecule has 2 N–H and O–H groups in total. The van der Waals surface area contributed by atoms with E-state index in [4.69, 9.17) is 11.6 Å². The van der Waals surface area contributed by atoms with Crippen LogP contribution in [0.15, 0.2) is 47.5 Å². The zero-order chi connectivity index (χ0) is 25.4. The molecule has 1 spiro atoms. The first-order chi connectivity index (χ1) is 17.2. The minimum absolute atomic E-state index is 0.00982. The second-order valence-corrected chi connectivity index (χ2v) is 9.11. The summed E-state index contributed by atoms with van der Waals surface area (Å²) in [5.74, 6) is 0.240. The number of amides is 3. The fourth-order valence-electron chi connectivity index (χ4n) is 4.02. The second-order valence-electron chi connectivity index (χ2n) is 8.70. The molecule has 3 aromatic rings. The summed E-state index contributed by atoms with van der Waals surface area (Å²) in [4.78, 5) is 35.8. The Labute approximate surface area is 210 Å². The number of rotatable bonds is 7. The lowest BCUT2D eigenvalue weighted by Gasteiger charge is -2.20. The van der Waals surface area contributed by atoms with Gasteiger partial charge in [0, 0.05) is 6.07 Å². The van der Waals surface area contributed by atoms with Crippen molar-refractivity contribution in [1.82, 2.24) is 30.3 Å². The van der Waals surface area contributed by atoms with Crippen molar-refractivity contribution in [1.29, 1.82) is 0 Å². The van der Waals surface area contributed by atoms with Crippen LogP contribution in [-0.2, 0) is 17.9 Å². The maximum atomic E-state index is 13.9. The number of carbonyl (C=O) groups is 2. The number of hydrogen-bond acceptors (Lipinski definition) is 5. The van der Waals surface area contributed by atoms with E-state index in [2.05, 4.69) is 25.7 Å². The van der Waals surface area contributed by atoms with Crippen LogP contribution in [0, 0.1) is 18.6 Å². The van der Waals surface area contributed by atoms with Crippen LogP contribution in [-0.4, -0.2) is 49.5 Å². The van der Waals surface area contributed by atoms with E-state index in [9.17, 15) is 18.4 Å². The van der Waals surface area contributed by atoms with Crippen LogP contribution in [0.5, 0.6) is 0 Å². The smallest absolute Gasteiger partial charge is 0.315 e. The molecule has 186 valence electrons. The summed E-state index contributed by atoms with van der Waals surface area (Å²) in [6.45, 7) is 1.98. The number of halogens is 3. The van der Waals surface area contributed by atoms with E-state index in [0.717, 1.165) is 5.56 Å². The van der Waals surface area contributed by atoms with E-state index in [0.29, 0.717) is 36.0 Å². The van der Waals surface area contributed by atoms with Crippen molar-refractivity contribution in [3.63, 3.8) is 0 Å². The van der Waals surface area contributed by atoms with Gasteiger partial charge in [0.2, 0.25) is 0 Å². The molecule has 1 aliphatic heterocycles. The normalized spacial score (nSPS) is 15.8. The van der Waals surface area contributed by atoms with Crippen LogP contribution in [0.25, 0.3) is 5.69 Å². The third-order valence-corrected chi connectivity index (χ3v) is 6.32. The number of nitrogens with one attached hydrogen (secondary N) is 2. The minimum Gasteiger partial charge on any atom is -0.331 e. The van der Waals surface area contributed by atoms with E-state index in [1.54, 1.807) is 25.1 Å². The molecule has 1 aliphatic carbocycles. The van der Waals surface area contributed by atoms with Crippen molar-refractivity contribution in [2.24, 2.45) is 4.99 Å². The third-order valence-electron chi connectivity index (χ3n) is 6.02. The predicted molar refractivity (Wildman–Crippen MR) is 128 cm³/mol. The first-order valence-electron chi connectivity index (χ1n) is 11.3. The van der Waals surface area contributed by atoms with Crippen LogP contribution in [0.2, 0.25) is 5.02 Å². The van der Waals surface area contributed by atoms with Crippen molar-refractivity contribution in [2.75, 3.05) is 6.54 Å². The lowest BCUT2D eigenvalue weighted by atomic mass is 10.2. The van der Waals surface area contributed by atoms with Gasteiger partial charge in [-0.1, -0.05) is 23.7 Å². The zero-order valence-electron chi connectivity index (χ0n) is 19.3. The molecule has 2 aliphatic rings. The molecular formula is C24H22ClF2N7O2. The molecule has 3 amide bonds. The Morgan fingerprint density at radius 1 is 1.11 bits per heavy atom. The number of hydrogen-bond donors (Lipinski definition) is 2. The molecule has 9 nitrogen and oxygen atoms in total. The van der Waals surface area contributed by atoms with Gasteiger partial charge >= 0.3 is 6.03 Å². The summed E-state index contributed by atoms with van der Waals surface area (Å²) in [6.07, 6.45) is 1.34. The molecule has 0 radical (unpaired) electrons. The van der Waals surface area contributed by atoms with Gasteiger partial charge in [0.05, 0.1) is 30.3 Å². The lowest BCUT2D eigenvalue weighted by Crippen LogP contribution is -2.44. The minimum atomic E-state index is -0.727. The standard InChI is InChI=1S/C24H22ClF2N7O2/c1-14-30-20(34(32-14)17-6-7-18(25)19(27)10-17)11-28-23(36)29-12-21-31-24(8-9-24)22(35)33(21)13-15-2-4-16(26)5-3-15/h2-7,10H,8-9,11-13H2,1H3,(H2,28,29,36). The van der Waals surface area contributed by atoms with Gasteiger partial charge in [0.15, 0.2) is 5.82 Å². The summed E-state index contributed by atoms with van der Waals surface area (Å²) in [6, 6.07) is 9.65. The Hall–Kier alpha value is -3.86. The fourth-order valence-corrected chi connectivity index (χ4v) is 4.13. The molecule has 2 heterocycles. The molecule has 1 fully saturated rings. The van der Waals surface area contributed by atoms with Crippen LogP contribution in [0.1, 0.15) is 30.1 Å². The molecule has 5 rings (SSSR count). The SMILES string of the molecule is Cc1nc(CNC(=O)NCC2=NC3(CC3)C(=O)N2Cc2ccc(F)cc2)n(-c2ccc(Cl)c(F)c2)n1. The average Bonchev–Trinajstić information content (AvgIpc) is 3.48. The molecule has 2 aromatic carbocycles. The summed E-state index contributed by atoms with van der Waals surface area (Å²) in [5, 5.41) is 9.67. The van der Waals surface area contributed by atoms with E-state index < -0.39 is 17.4 Å². The highest BCUT2D eigenvalue weighted by Crippen LogP contribution is 2.45. The number of aliphatic imine (C=N–C) groups is 1. The topological polar surface area (TPSA) is 105 Å². The van der Waals surface area contributed by atoms with Gasteiger partial charge in [-0.05, 0) is 49.6 Å². The first kappa shape index (κ1) is 23.9. The Bertz CT molecular complexity index is 1370. The second kappa shape index (κ2) is 9.30. The van der Waals surface area contributed by atoms with Gasteiger partial charge in [-0.2, -0.15) is 5.10 Å². The Morgan fingerprint density at radius 3 is 2.53 bits per heavy atom. The zero-order valence-corrected chi connectivity index (χ0v) is 20.0. The lowest BCUT2D eigenvalue weighted by molar-refractivity contribution is -0.128. The summed E-state index contributed by atoms with van der Waals surface area (Å²) in [7, 11) is 0. The van der Waals surface area contributed by atoms with Gasteiger partial charge in [-0.3, -0.25) is 14.7 Å². The van der Waals surface area contributed by atoms with E-state index in [1.165, 1.54) is 33.8 Å². The highest BCUT2D eigenvalue weighted by Gasteiger charge is 2.57. The number of aromatic nitrogens is 3. The first-order valence-corrected chi connectivity index (χ1v) is 11.7. The molecule has 0 bridgehead atoms. The molecule has 0 unspecified atom stereocenters.